The number of nitrogens with one attached hydrogen (secondary N) is 1. The Balaban J connectivity index is 2.78. The zero-order valence-electron chi connectivity index (χ0n) is 7.46. The Hall–Kier alpha value is -0.760. The molecule has 1 aromatic heterocycles. The highest BCUT2D eigenvalue weighted by Gasteiger charge is 2.01. The van der Waals surface area contributed by atoms with Crippen molar-refractivity contribution < 1.29 is 0 Å². The van der Waals surface area contributed by atoms with Crippen molar-refractivity contribution in [2.45, 2.75) is 26.4 Å². The fourth-order valence-corrected chi connectivity index (χ4v) is 1.26. The summed E-state index contributed by atoms with van der Waals surface area (Å²) >= 11 is 0. The molecule has 1 N–H and O–H groups in total. The second-order valence-electron chi connectivity index (χ2n) is 3.03. The lowest BCUT2D eigenvalue weighted by molar-refractivity contribution is 0.565. The number of nitrogens with zero attached hydrogens (tertiary/aromatic N) is 1. The molecule has 1 heterocycles. The van der Waals surface area contributed by atoms with Crippen LogP contribution in [0, 0.1) is 0 Å². The summed E-state index contributed by atoms with van der Waals surface area (Å²) in [6.07, 6.45) is 2.12. The van der Waals surface area contributed by atoms with Gasteiger partial charge in [0.15, 0.2) is 0 Å². The van der Waals surface area contributed by atoms with Crippen LogP contribution in [0.3, 0.4) is 0 Å². The van der Waals surface area contributed by atoms with E-state index in [2.05, 4.69) is 42.1 Å². The molecule has 1 rings (SSSR count). The van der Waals surface area contributed by atoms with Gasteiger partial charge < -0.3 is 9.88 Å². The molecule has 0 aromatic carbocycles. The van der Waals surface area contributed by atoms with Crippen molar-refractivity contribution in [1.82, 2.24) is 9.88 Å². The molecule has 0 aliphatic carbocycles. The summed E-state index contributed by atoms with van der Waals surface area (Å²) in [6, 6.07) is 4.80. The molecule has 0 amide bonds. The highest BCUT2D eigenvalue weighted by molar-refractivity contribution is 5.07. The maximum Gasteiger partial charge on any atom is 0.0357 e. The van der Waals surface area contributed by atoms with Crippen LogP contribution in [0.1, 0.15) is 25.6 Å². The molecular weight excluding hydrogens is 136 g/mol. The topological polar surface area (TPSA) is 17.0 Å². The molecule has 0 radical (unpaired) electrons. The predicted molar refractivity (Wildman–Crippen MR) is 47.6 cm³/mol. The van der Waals surface area contributed by atoms with E-state index in [9.17, 15) is 0 Å². The third kappa shape index (κ3) is 1.84. The molecule has 0 saturated heterocycles. The molecule has 2 heteroatoms. The lowest BCUT2D eigenvalue weighted by Crippen LogP contribution is -2.11. The largest absolute Gasteiger partial charge is 0.348 e. The van der Waals surface area contributed by atoms with Crippen LogP contribution >= 0.6 is 0 Å². The van der Waals surface area contributed by atoms with Crippen molar-refractivity contribution >= 4 is 0 Å². The first kappa shape index (κ1) is 8.34. The molecule has 0 aliphatic rings. The van der Waals surface area contributed by atoms with Gasteiger partial charge in [-0.25, -0.2) is 0 Å². The second-order valence-corrected chi connectivity index (χ2v) is 3.03. The zero-order valence-corrected chi connectivity index (χ0v) is 7.46. The molecular formula is C9H16N2. The Morgan fingerprint density at radius 2 is 2.27 bits per heavy atom. The molecule has 0 unspecified atom stereocenters. The first-order chi connectivity index (χ1) is 5.25. The summed E-state index contributed by atoms with van der Waals surface area (Å²) < 4.78 is 2.27. The van der Waals surface area contributed by atoms with Gasteiger partial charge in [-0.15, -0.1) is 0 Å². The quantitative estimate of drug-likeness (QED) is 0.698. The maximum absolute atomic E-state index is 3.14. The van der Waals surface area contributed by atoms with Crippen LogP contribution in [0.15, 0.2) is 18.3 Å². The van der Waals surface area contributed by atoms with Crippen molar-refractivity contribution in [1.29, 1.82) is 0 Å². The van der Waals surface area contributed by atoms with E-state index in [4.69, 9.17) is 0 Å². The minimum atomic E-state index is 0.563. The van der Waals surface area contributed by atoms with Crippen LogP contribution < -0.4 is 5.32 Å². The Morgan fingerprint density at radius 1 is 1.55 bits per heavy atom. The van der Waals surface area contributed by atoms with Crippen molar-refractivity contribution in [2.75, 3.05) is 7.05 Å². The van der Waals surface area contributed by atoms with E-state index < -0.39 is 0 Å². The van der Waals surface area contributed by atoms with E-state index >= 15 is 0 Å². The van der Waals surface area contributed by atoms with E-state index in [1.54, 1.807) is 0 Å². The molecule has 11 heavy (non-hydrogen) atoms. The van der Waals surface area contributed by atoms with E-state index in [1.165, 1.54) is 5.69 Å². The van der Waals surface area contributed by atoms with Crippen LogP contribution in [0.5, 0.6) is 0 Å². The van der Waals surface area contributed by atoms with Gasteiger partial charge in [0.25, 0.3) is 0 Å². The Morgan fingerprint density at radius 3 is 2.82 bits per heavy atom. The van der Waals surface area contributed by atoms with Gasteiger partial charge in [-0.3, -0.25) is 0 Å². The summed E-state index contributed by atoms with van der Waals surface area (Å²) in [5.41, 5.74) is 1.35. The second kappa shape index (κ2) is 3.58. The van der Waals surface area contributed by atoms with Crippen LogP contribution in [0.4, 0.5) is 0 Å². The number of hydrogen-bond acceptors (Lipinski definition) is 1. The fourth-order valence-electron chi connectivity index (χ4n) is 1.26. The molecule has 0 bridgehead atoms. The predicted octanol–water partition coefficient (Wildman–Crippen LogP) is 1.79. The third-order valence-corrected chi connectivity index (χ3v) is 1.78. The standard InChI is InChI=1S/C9H16N2/c1-8(2)11-6-4-5-9(11)7-10-3/h4-6,8,10H,7H2,1-3H3. The highest BCUT2D eigenvalue weighted by Crippen LogP contribution is 2.09. The highest BCUT2D eigenvalue weighted by atomic mass is 15.0. The minimum Gasteiger partial charge on any atom is -0.348 e. The lowest BCUT2D eigenvalue weighted by Gasteiger charge is -2.11. The Kier molecular flexibility index (Phi) is 2.71. The van der Waals surface area contributed by atoms with E-state index in [1.807, 2.05) is 7.05 Å². The van der Waals surface area contributed by atoms with Crippen LogP contribution in [-0.2, 0) is 6.54 Å². The molecule has 0 spiro atoms. The van der Waals surface area contributed by atoms with Crippen molar-refractivity contribution in [3.05, 3.63) is 24.0 Å². The summed E-state index contributed by atoms with van der Waals surface area (Å²) in [5, 5.41) is 3.14. The molecule has 0 fully saturated rings. The van der Waals surface area contributed by atoms with E-state index in [0.717, 1.165) is 6.54 Å². The third-order valence-electron chi connectivity index (χ3n) is 1.78. The van der Waals surface area contributed by atoms with E-state index in [-0.39, 0.29) is 0 Å². The molecule has 0 aliphatic heterocycles. The van der Waals surface area contributed by atoms with Crippen molar-refractivity contribution in [3.8, 4) is 0 Å². The van der Waals surface area contributed by atoms with Gasteiger partial charge in [-0.1, -0.05) is 0 Å². The summed E-state index contributed by atoms with van der Waals surface area (Å²) in [4.78, 5) is 0. The van der Waals surface area contributed by atoms with Crippen molar-refractivity contribution in [2.24, 2.45) is 0 Å². The monoisotopic (exact) mass is 152 g/mol. The summed E-state index contributed by atoms with van der Waals surface area (Å²) in [7, 11) is 1.97. The van der Waals surface area contributed by atoms with E-state index in [0.29, 0.717) is 6.04 Å². The van der Waals surface area contributed by atoms with Gasteiger partial charge in [0.05, 0.1) is 0 Å². The van der Waals surface area contributed by atoms with Gasteiger partial charge >= 0.3 is 0 Å². The number of hydrogen-bond donors (Lipinski definition) is 1. The van der Waals surface area contributed by atoms with Gasteiger partial charge in [-0.2, -0.15) is 0 Å². The van der Waals surface area contributed by atoms with Gasteiger partial charge in [-0.05, 0) is 33.0 Å². The van der Waals surface area contributed by atoms with Crippen LogP contribution in [0.2, 0.25) is 0 Å². The first-order valence-corrected chi connectivity index (χ1v) is 4.06. The van der Waals surface area contributed by atoms with Gasteiger partial charge in [0.1, 0.15) is 0 Å². The Bertz CT molecular complexity index is 213. The molecule has 0 saturated carbocycles. The summed E-state index contributed by atoms with van der Waals surface area (Å²) in [5.74, 6) is 0. The van der Waals surface area contributed by atoms with Crippen molar-refractivity contribution in [3.63, 3.8) is 0 Å². The van der Waals surface area contributed by atoms with Gasteiger partial charge in [0.2, 0.25) is 0 Å². The number of aromatic nitrogens is 1. The molecule has 0 atom stereocenters. The summed E-state index contributed by atoms with van der Waals surface area (Å²) in [6.45, 7) is 5.34. The van der Waals surface area contributed by atoms with Crippen LogP contribution in [-0.4, -0.2) is 11.6 Å². The zero-order chi connectivity index (χ0) is 8.27. The maximum atomic E-state index is 3.14. The first-order valence-electron chi connectivity index (χ1n) is 4.06. The average molecular weight is 152 g/mol. The molecule has 2 nitrogen and oxygen atoms in total. The molecule has 62 valence electrons. The lowest BCUT2D eigenvalue weighted by atomic mass is 10.3. The van der Waals surface area contributed by atoms with Gasteiger partial charge in [0, 0.05) is 24.5 Å². The fraction of sp³-hybridized carbons (Fsp3) is 0.556. The Labute approximate surface area is 68.2 Å². The smallest absolute Gasteiger partial charge is 0.0357 e. The average Bonchev–Trinajstić information content (AvgIpc) is 2.36. The molecule has 1 aromatic rings. The minimum absolute atomic E-state index is 0.563. The SMILES string of the molecule is CNCc1cccn1C(C)C. The normalized spacial score (nSPS) is 10.9. The number of rotatable bonds is 3. The van der Waals surface area contributed by atoms with Crippen LogP contribution in [0.25, 0.3) is 0 Å².